The zero-order valence-electron chi connectivity index (χ0n) is 44.5. The molecule has 0 bridgehead atoms. The predicted molar refractivity (Wildman–Crippen MR) is 284 cm³/mol. The minimum absolute atomic E-state index is 0. The standard InChI is InChI=1S/C49H76N14O16.Lu/c64-38(51-16-7-5-8-36(43(73)74)54-48(77)55-37(44(75)76)14-15-39(65)66)9-4-2-1-3-6-17-52-45-56-46(58-47(57-45)61-20-18-50-19-21-61)53-34-12-10-33(11-13-34)28-35-29-63(49(78)79)27-25-60(31-41(69)70)23-22-59(30-40(67)68)24-26-62(35)32-42(71)72;/h10-13,35-37,50H,1-9,14-32H2,(H,51,64)(H,65,66)(H,67,68)(H,69,70)(H,71,72)(H,73,74)(H,75,76)(H,78,79)(H2,54,55,77)(H2,52,53,56,57,58);. The zero-order chi connectivity index (χ0) is 57.7. The second-order valence-corrected chi connectivity index (χ2v) is 19.3. The smallest absolute Gasteiger partial charge is 0.407 e. The second kappa shape index (κ2) is 36.7. The third-order valence-corrected chi connectivity index (χ3v) is 13.1. The number of aromatic nitrogens is 3. The zero-order valence-corrected chi connectivity index (χ0v) is 46.1. The molecule has 3 atom stereocenters. The number of aliphatic carboxylic acids is 6. The van der Waals surface area contributed by atoms with E-state index in [4.69, 9.17) is 15.1 Å². The number of amides is 4. The fraction of sp³-hybridized carbons (Fsp3) is 0.633. The third-order valence-electron chi connectivity index (χ3n) is 13.1. The van der Waals surface area contributed by atoms with E-state index >= 15 is 0 Å². The summed E-state index contributed by atoms with van der Waals surface area (Å²) < 4.78 is 0. The van der Waals surface area contributed by atoms with Crippen molar-refractivity contribution in [3.8, 4) is 0 Å². The number of carboxylic acids is 6. The van der Waals surface area contributed by atoms with Crippen molar-refractivity contribution in [2.45, 2.75) is 95.2 Å². The summed E-state index contributed by atoms with van der Waals surface area (Å²) >= 11 is 0. The maximum absolute atomic E-state index is 12.5. The summed E-state index contributed by atoms with van der Waals surface area (Å²) in [5.41, 5.74) is 1.39. The van der Waals surface area contributed by atoms with E-state index in [9.17, 15) is 73.8 Å². The first kappa shape index (κ1) is 67.8. The molecule has 2 aliphatic rings. The van der Waals surface area contributed by atoms with Crippen LogP contribution in [0.4, 0.5) is 33.1 Å². The average Bonchev–Trinajstić information content (AvgIpc) is 3.40. The van der Waals surface area contributed by atoms with Crippen molar-refractivity contribution < 1.29 is 116 Å². The van der Waals surface area contributed by atoms with E-state index in [1.54, 1.807) is 26.8 Å². The number of hydrogen-bond acceptors (Lipinski definition) is 19. The summed E-state index contributed by atoms with van der Waals surface area (Å²) in [4.78, 5) is 129. The molecule has 453 valence electrons. The van der Waals surface area contributed by atoms with Crippen LogP contribution >= 0.6 is 0 Å². The SMILES string of the molecule is O=C(O)CCC(NC(=O)NC(CCCCNC(=O)CCCCCCCNc1nc(Nc2ccc(CC3CN(C(=O)O)CCN(CC(=O)O)CCN(CC(=O)O)CCN3CC(=O)O)cc2)nc(N2CCNCC2)n1)C(=O)O)C(=O)O.[Lu]. The van der Waals surface area contributed by atoms with Crippen LogP contribution in [-0.2, 0) is 40.0 Å². The molecule has 4 rings (SSSR count). The van der Waals surface area contributed by atoms with E-state index < -0.39 is 79.0 Å². The number of carbonyl (C=O) groups excluding carboxylic acids is 2. The number of anilines is 4. The molecular weight excluding hydrogens is 1220 g/mol. The Bertz CT molecular complexity index is 2340. The van der Waals surface area contributed by atoms with Crippen LogP contribution in [0.3, 0.4) is 0 Å². The number of nitrogens with zero attached hydrogens (tertiary/aromatic N) is 8. The molecule has 0 saturated carbocycles. The quantitative estimate of drug-likeness (QED) is 0.0435. The van der Waals surface area contributed by atoms with Crippen LogP contribution in [0.25, 0.3) is 0 Å². The summed E-state index contributed by atoms with van der Waals surface area (Å²) in [7, 11) is 0. The normalized spacial score (nSPS) is 16.5. The fourth-order valence-electron chi connectivity index (χ4n) is 8.83. The van der Waals surface area contributed by atoms with Crippen LogP contribution in [0.5, 0.6) is 0 Å². The number of nitrogens with one attached hydrogen (secondary N) is 6. The molecule has 2 aromatic rings. The Morgan fingerprint density at radius 3 is 1.75 bits per heavy atom. The first-order valence-corrected chi connectivity index (χ1v) is 26.4. The molecule has 1 aromatic heterocycles. The minimum atomic E-state index is -1.51. The first-order valence-electron chi connectivity index (χ1n) is 26.4. The van der Waals surface area contributed by atoms with Crippen molar-refractivity contribution in [2.75, 3.05) is 120 Å². The number of carbonyl (C=O) groups is 9. The molecule has 3 heterocycles. The fourth-order valence-corrected chi connectivity index (χ4v) is 8.83. The summed E-state index contributed by atoms with van der Waals surface area (Å²) in [6, 6.07) is 2.71. The molecule has 80 heavy (non-hydrogen) atoms. The molecule has 31 heteroatoms. The number of unbranched alkanes of at least 4 members (excludes halogenated alkanes) is 5. The minimum Gasteiger partial charge on any atom is -0.481 e. The van der Waals surface area contributed by atoms with E-state index in [0.29, 0.717) is 69.4 Å². The van der Waals surface area contributed by atoms with Gasteiger partial charge in [0.2, 0.25) is 23.8 Å². The van der Waals surface area contributed by atoms with Crippen molar-refractivity contribution in [1.82, 2.24) is 55.8 Å². The first-order chi connectivity index (χ1) is 37.7. The molecule has 0 aliphatic carbocycles. The summed E-state index contributed by atoms with van der Waals surface area (Å²) in [6.45, 7) is 3.03. The maximum Gasteiger partial charge on any atom is 0.407 e. The van der Waals surface area contributed by atoms with Crippen LogP contribution in [0.15, 0.2) is 24.3 Å². The van der Waals surface area contributed by atoms with Crippen molar-refractivity contribution in [3.63, 3.8) is 0 Å². The Morgan fingerprint density at radius 2 is 1.15 bits per heavy atom. The summed E-state index contributed by atoms with van der Waals surface area (Å²) in [5, 5.41) is 83.8. The molecule has 2 aliphatic heterocycles. The van der Waals surface area contributed by atoms with Crippen LogP contribution in [0.1, 0.15) is 76.2 Å². The van der Waals surface area contributed by atoms with Crippen LogP contribution in [0.2, 0.25) is 0 Å². The summed E-state index contributed by atoms with van der Waals surface area (Å²) in [5.74, 6) is -6.38. The van der Waals surface area contributed by atoms with Crippen LogP contribution in [-0.4, -0.2) is 247 Å². The van der Waals surface area contributed by atoms with E-state index in [0.717, 1.165) is 49.2 Å². The Morgan fingerprint density at radius 1 is 0.588 bits per heavy atom. The molecule has 13 N–H and O–H groups in total. The van der Waals surface area contributed by atoms with Gasteiger partial charge in [-0.05, 0) is 62.6 Å². The third kappa shape index (κ3) is 27.1. The van der Waals surface area contributed by atoms with Gasteiger partial charge in [-0.1, -0.05) is 31.4 Å². The van der Waals surface area contributed by atoms with Gasteiger partial charge in [-0.15, -0.1) is 0 Å². The summed E-state index contributed by atoms with van der Waals surface area (Å²) in [6.07, 6.45) is 3.22. The van der Waals surface area contributed by atoms with Gasteiger partial charge >= 0.3 is 47.9 Å². The van der Waals surface area contributed by atoms with Gasteiger partial charge < -0.3 is 77.4 Å². The van der Waals surface area contributed by atoms with E-state index in [2.05, 4.69) is 41.8 Å². The van der Waals surface area contributed by atoms with Crippen molar-refractivity contribution in [3.05, 3.63) is 29.8 Å². The molecule has 2 saturated heterocycles. The van der Waals surface area contributed by atoms with E-state index in [1.807, 2.05) is 12.1 Å². The molecule has 4 amide bonds. The van der Waals surface area contributed by atoms with Gasteiger partial charge in [0.1, 0.15) is 12.1 Å². The Labute approximate surface area is 491 Å². The van der Waals surface area contributed by atoms with E-state index in [1.165, 1.54) is 0 Å². The molecule has 30 nitrogen and oxygen atoms in total. The average molecular weight is 1290 g/mol. The largest absolute Gasteiger partial charge is 0.481 e. The Balaban J connectivity index is 0.0000168. The molecule has 1 radical (unpaired) electrons. The topological polar surface area (TPSA) is 422 Å². The Hall–Kier alpha value is -6.47. The van der Waals surface area contributed by atoms with Gasteiger partial charge in [-0.3, -0.25) is 38.7 Å². The van der Waals surface area contributed by atoms with Gasteiger partial charge in [-0.2, -0.15) is 15.0 Å². The number of hydrogen-bond donors (Lipinski definition) is 13. The number of rotatable bonds is 32. The van der Waals surface area contributed by atoms with Crippen molar-refractivity contribution >= 4 is 77.4 Å². The van der Waals surface area contributed by atoms with Gasteiger partial charge in [0, 0.05) is 147 Å². The van der Waals surface area contributed by atoms with Gasteiger partial charge in [-0.25, -0.2) is 19.2 Å². The molecule has 1 aromatic carbocycles. The maximum atomic E-state index is 12.5. The number of benzene rings is 1. The van der Waals surface area contributed by atoms with Crippen molar-refractivity contribution in [1.29, 1.82) is 0 Å². The van der Waals surface area contributed by atoms with Crippen LogP contribution < -0.4 is 36.8 Å². The van der Waals surface area contributed by atoms with Crippen LogP contribution in [0, 0.1) is 36.9 Å². The molecule has 2 fully saturated rings. The number of carboxylic acid groups (broad SMARTS) is 7. The molecule has 3 unspecified atom stereocenters. The number of urea groups is 1. The van der Waals surface area contributed by atoms with Gasteiger partial charge in [0.15, 0.2) is 0 Å². The number of piperazine rings is 1. The van der Waals surface area contributed by atoms with E-state index in [-0.39, 0.29) is 127 Å². The molecular formula is C49H76LuN14O16. The van der Waals surface area contributed by atoms with Gasteiger partial charge in [0.05, 0.1) is 19.6 Å². The Kier molecular flexibility index (Phi) is 31.1. The van der Waals surface area contributed by atoms with Gasteiger partial charge in [0.25, 0.3) is 0 Å². The van der Waals surface area contributed by atoms with Crippen molar-refractivity contribution in [2.24, 2.45) is 0 Å². The predicted octanol–water partition coefficient (Wildman–Crippen LogP) is 0.199. The second-order valence-electron chi connectivity index (χ2n) is 19.3. The monoisotopic (exact) mass is 1290 g/mol. The molecule has 0 spiro atoms.